The number of carbonyl (C=O) groups excluding carboxylic acids is 1. The summed E-state index contributed by atoms with van der Waals surface area (Å²) in [5, 5.41) is 14.5. The number of methoxy groups -OCH3 is 2. The van der Waals surface area contributed by atoms with Crippen LogP contribution in [0.2, 0.25) is 10.0 Å². The van der Waals surface area contributed by atoms with Gasteiger partial charge in [-0.25, -0.2) is 0 Å². The first kappa shape index (κ1) is 25.2. The second-order valence-corrected chi connectivity index (χ2v) is 8.82. The number of ether oxygens (including phenoxy) is 2. The molecule has 1 N–H and O–H groups in total. The largest absolute Gasteiger partial charge is 0.497 e. The molecule has 36 heavy (non-hydrogen) atoms. The van der Waals surface area contributed by atoms with Crippen LogP contribution in [-0.4, -0.2) is 24.7 Å². The van der Waals surface area contributed by atoms with Gasteiger partial charge in [-0.05, 0) is 42.0 Å². The first-order valence-corrected chi connectivity index (χ1v) is 11.8. The standard InChI is InChI=1S/C28H23Cl2N3O3/c1-35-22-9-8-19(27(13-22)36-2)15-32-28(34)20(14-31)12-21-17-33(26-6-4-3-5-23(21)26)16-18-7-10-24(29)25(30)11-18/h3-13,17H,15-16H2,1-2H3,(H,32,34)/b20-12+. The average Bonchev–Trinajstić information content (AvgIpc) is 3.24. The van der Waals surface area contributed by atoms with Crippen molar-refractivity contribution in [3.8, 4) is 17.6 Å². The smallest absolute Gasteiger partial charge is 0.262 e. The minimum Gasteiger partial charge on any atom is -0.497 e. The van der Waals surface area contributed by atoms with Crippen molar-refractivity contribution in [2.45, 2.75) is 13.1 Å². The summed E-state index contributed by atoms with van der Waals surface area (Å²) in [6, 6.07) is 20.7. The Morgan fingerprint density at radius 1 is 1.06 bits per heavy atom. The number of amides is 1. The second kappa shape index (κ2) is 11.2. The monoisotopic (exact) mass is 519 g/mol. The lowest BCUT2D eigenvalue weighted by Gasteiger charge is -2.11. The minimum absolute atomic E-state index is 0.0000750. The van der Waals surface area contributed by atoms with Crippen molar-refractivity contribution in [3.05, 3.63) is 99.2 Å². The van der Waals surface area contributed by atoms with Crippen LogP contribution in [0, 0.1) is 11.3 Å². The lowest BCUT2D eigenvalue weighted by atomic mass is 10.1. The highest BCUT2D eigenvalue weighted by molar-refractivity contribution is 6.42. The molecule has 0 aliphatic rings. The number of benzene rings is 3. The predicted octanol–water partition coefficient (Wildman–Crippen LogP) is 6.24. The fourth-order valence-corrected chi connectivity index (χ4v) is 4.25. The van der Waals surface area contributed by atoms with Crippen LogP contribution in [0.15, 0.2) is 72.4 Å². The van der Waals surface area contributed by atoms with Crippen LogP contribution in [0.25, 0.3) is 17.0 Å². The topological polar surface area (TPSA) is 76.3 Å². The van der Waals surface area contributed by atoms with E-state index in [1.54, 1.807) is 38.5 Å². The summed E-state index contributed by atoms with van der Waals surface area (Å²) in [7, 11) is 3.12. The van der Waals surface area contributed by atoms with E-state index in [0.29, 0.717) is 28.1 Å². The number of nitriles is 1. The maximum Gasteiger partial charge on any atom is 0.262 e. The van der Waals surface area contributed by atoms with Gasteiger partial charge in [0.25, 0.3) is 5.91 Å². The van der Waals surface area contributed by atoms with Crippen molar-refractivity contribution in [2.24, 2.45) is 0 Å². The van der Waals surface area contributed by atoms with Gasteiger partial charge in [0.05, 0.1) is 24.3 Å². The number of hydrogen-bond acceptors (Lipinski definition) is 4. The molecule has 182 valence electrons. The van der Waals surface area contributed by atoms with E-state index in [2.05, 4.69) is 9.88 Å². The molecule has 0 radical (unpaired) electrons. The van der Waals surface area contributed by atoms with E-state index in [-0.39, 0.29) is 12.1 Å². The summed E-state index contributed by atoms with van der Waals surface area (Å²) in [5.74, 6) is 0.760. The van der Waals surface area contributed by atoms with Crippen LogP contribution in [0.4, 0.5) is 0 Å². The Bertz CT molecular complexity index is 1500. The van der Waals surface area contributed by atoms with Gasteiger partial charge in [-0.3, -0.25) is 4.79 Å². The molecular formula is C28H23Cl2N3O3. The molecule has 1 aromatic heterocycles. The van der Waals surface area contributed by atoms with E-state index in [9.17, 15) is 10.1 Å². The van der Waals surface area contributed by atoms with Gasteiger partial charge in [0.1, 0.15) is 23.1 Å². The molecule has 0 atom stereocenters. The Morgan fingerprint density at radius 2 is 1.86 bits per heavy atom. The quantitative estimate of drug-likeness (QED) is 0.221. The molecule has 0 aliphatic carbocycles. The first-order valence-electron chi connectivity index (χ1n) is 11.1. The summed E-state index contributed by atoms with van der Waals surface area (Å²) in [6.07, 6.45) is 3.53. The summed E-state index contributed by atoms with van der Waals surface area (Å²) < 4.78 is 12.6. The molecule has 0 aliphatic heterocycles. The van der Waals surface area contributed by atoms with E-state index in [4.69, 9.17) is 32.7 Å². The number of para-hydroxylation sites is 1. The number of rotatable bonds is 8. The van der Waals surface area contributed by atoms with Crippen molar-refractivity contribution in [1.82, 2.24) is 9.88 Å². The molecule has 1 heterocycles. The van der Waals surface area contributed by atoms with Gasteiger partial charge in [0, 0.05) is 47.4 Å². The SMILES string of the molecule is COc1ccc(CNC(=O)/C(C#N)=C/c2cn(Cc3ccc(Cl)c(Cl)c3)c3ccccc23)c(OC)c1. The zero-order chi connectivity index (χ0) is 25.7. The zero-order valence-corrected chi connectivity index (χ0v) is 21.2. The highest BCUT2D eigenvalue weighted by atomic mass is 35.5. The maximum atomic E-state index is 12.9. The molecule has 4 rings (SSSR count). The van der Waals surface area contributed by atoms with Gasteiger partial charge >= 0.3 is 0 Å². The summed E-state index contributed by atoms with van der Waals surface area (Å²) in [6.45, 7) is 0.751. The molecule has 0 saturated heterocycles. The van der Waals surface area contributed by atoms with E-state index >= 15 is 0 Å². The van der Waals surface area contributed by atoms with Crippen molar-refractivity contribution >= 4 is 46.1 Å². The van der Waals surface area contributed by atoms with Gasteiger partial charge < -0.3 is 19.4 Å². The number of halogens is 2. The Morgan fingerprint density at radius 3 is 2.58 bits per heavy atom. The molecule has 3 aromatic carbocycles. The minimum atomic E-state index is -0.475. The molecule has 4 aromatic rings. The van der Waals surface area contributed by atoms with Gasteiger partial charge in [0.15, 0.2) is 0 Å². The molecule has 0 spiro atoms. The van der Waals surface area contributed by atoms with Crippen molar-refractivity contribution in [3.63, 3.8) is 0 Å². The first-order chi connectivity index (χ1) is 17.4. The summed E-state index contributed by atoms with van der Waals surface area (Å²) in [5.41, 5.74) is 3.48. The lowest BCUT2D eigenvalue weighted by molar-refractivity contribution is -0.117. The number of fused-ring (bicyclic) bond motifs is 1. The third kappa shape index (κ3) is 5.49. The van der Waals surface area contributed by atoms with Gasteiger partial charge in [-0.1, -0.05) is 47.5 Å². The number of nitrogens with one attached hydrogen (secondary N) is 1. The molecule has 0 unspecified atom stereocenters. The van der Waals surface area contributed by atoms with E-state index in [1.807, 2.05) is 54.7 Å². The number of hydrogen-bond donors (Lipinski definition) is 1. The van der Waals surface area contributed by atoms with E-state index < -0.39 is 5.91 Å². The molecular weight excluding hydrogens is 497 g/mol. The van der Waals surface area contributed by atoms with E-state index in [0.717, 1.165) is 27.6 Å². The van der Waals surface area contributed by atoms with Crippen LogP contribution in [0.5, 0.6) is 11.5 Å². The summed E-state index contributed by atoms with van der Waals surface area (Å²) >= 11 is 12.2. The van der Waals surface area contributed by atoms with Crippen molar-refractivity contribution in [1.29, 1.82) is 5.26 Å². The maximum absolute atomic E-state index is 12.9. The Balaban J connectivity index is 1.59. The lowest BCUT2D eigenvalue weighted by Crippen LogP contribution is -2.24. The van der Waals surface area contributed by atoms with Crippen molar-refractivity contribution < 1.29 is 14.3 Å². The van der Waals surface area contributed by atoms with Crippen LogP contribution < -0.4 is 14.8 Å². The third-order valence-electron chi connectivity index (χ3n) is 5.75. The number of carbonyl (C=O) groups is 1. The Kier molecular flexibility index (Phi) is 7.84. The van der Waals surface area contributed by atoms with Crippen LogP contribution in [0.1, 0.15) is 16.7 Å². The third-order valence-corrected chi connectivity index (χ3v) is 6.49. The van der Waals surface area contributed by atoms with Gasteiger partial charge in [0.2, 0.25) is 0 Å². The van der Waals surface area contributed by atoms with Gasteiger partial charge in [-0.2, -0.15) is 5.26 Å². The Labute approximate surface area is 219 Å². The van der Waals surface area contributed by atoms with E-state index in [1.165, 1.54) is 0 Å². The normalized spacial score (nSPS) is 11.2. The van der Waals surface area contributed by atoms with Gasteiger partial charge in [-0.15, -0.1) is 0 Å². The molecule has 0 saturated carbocycles. The second-order valence-electron chi connectivity index (χ2n) is 8.01. The predicted molar refractivity (Wildman–Crippen MR) is 142 cm³/mol. The van der Waals surface area contributed by atoms with Crippen LogP contribution >= 0.6 is 23.2 Å². The zero-order valence-electron chi connectivity index (χ0n) is 19.7. The fourth-order valence-electron chi connectivity index (χ4n) is 3.93. The highest BCUT2D eigenvalue weighted by Gasteiger charge is 2.14. The van der Waals surface area contributed by atoms with Crippen LogP contribution in [-0.2, 0) is 17.9 Å². The fraction of sp³-hybridized carbons (Fsp3) is 0.143. The molecule has 0 fully saturated rings. The molecule has 8 heteroatoms. The molecule has 0 bridgehead atoms. The average molecular weight is 520 g/mol. The Hall–Kier alpha value is -3.92. The molecule has 6 nitrogen and oxygen atoms in total. The summed E-state index contributed by atoms with van der Waals surface area (Å²) in [4.78, 5) is 12.9. The number of nitrogens with zero attached hydrogens (tertiary/aromatic N) is 2. The molecule has 1 amide bonds. The van der Waals surface area contributed by atoms with Crippen LogP contribution in [0.3, 0.4) is 0 Å². The van der Waals surface area contributed by atoms with Crippen molar-refractivity contribution in [2.75, 3.05) is 14.2 Å². The highest BCUT2D eigenvalue weighted by Crippen LogP contribution is 2.28. The number of aromatic nitrogens is 1.